The normalized spacial score (nSPS) is 12.5. The molecule has 1 aromatic rings. The van der Waals surface area contributed by atoms with Crippen LogP contribution in [0.4, 0.5) is 0 Å². The van der Waals surface area contributed by atoms with Gasteiger partial charge in [0.1, 0.15) is 0 Å². The Bertz CT molecular complexity index is 495. The first-order valence-electron chi connectivity index (χ1n) is 9.24. The van der Waals surface area contributed by atoms with Crippen LogP contribution in [0.15, 0.2) is 23.3 Å². The number of rotatable bonds is 11. The Morgan fingerprint density at radius 3 is 2.54 bits per heavy atom. The van der Waals surface area contributed by atoms with E-state index in [0.717, 1.165) is 37.5 Å². The summed E-state index contributed by atoms with van der Waals surface area (Å²) in [4.78, 5) is 8.56. The summed E-state index contributed by atoms with van der Waals surface area (Å²) in [6, 6.07) is 3.92. The molecule has 0 bridgehead atoms. The number of ether oxygens (including phenoxy) is 2. The van der Waals surface area contributed by atoms with Gasteiger partial charge in [-0.05, 0) is 31.2 Å². The van der Waals surface area contributed by atoms with Crippen molar-refractivity contribution in [3.05, 3.63) is 23.9 Å². The number of hydrogen-bond donors (Lipinski definition) is 2. The summed E-state index contributed by atoms with van der Waals surface area (Å²) < 4.78 is 11.3. The molecular weight excluding hydrogens is 443 g/mol. The largest absolute Gasteiger partial charge is 0.478 e. The lowest BCUT2D eigenvalue weighted by Gasteiger charge is -2.21. The van der Waals surface area contributed by atoms with Crippen LogP contribution in [0, 0.1) is 5.92 Å². The molecule has 1 heterocycles. The van der Waals surface area contributed by atoms with E-state index in [1.54, 1.807) is 7.05 Å². The highest BCUT2D eigenvalue weighted by Gasteiger charge is 2.12. The van der Waals surface area contributed by atoms with Gasteiger partial charge in [0, 0.05) is 39.0 Å². The number of aliphatic imine (C=N–C) groups is 1. The van der Waals surface area contributed by atoms with E-state index in [4.69, 9.17) is 9.47 Å². The quantitative estimate of drug-likeness (QED) is 0.289. The number of aromatic nitrogens is 1. The summed E-state index contributed by atoms with van der Waals surface area (Å²) in [5.41, 5.74) is 1.08. The van der Waals surface area contributed by atoms with E-state index in [-0.39, 0.29) is 30.1 Å². The molecule has 0 radical (unpaired) electrons. The van der Waals surface area contributed by atoms with Crippen LogP contribution in [0.2, 0.25) is 0 Å². The minimum atomic E-state index is 0. The second-order valence-electron chi connectivity index (χ2n) is 6.23. The van der Waals surface area contributed by atoms with Crippen molar-refractivity contribution in [2.75, 3.05) is 26.8 Å². The SMILES string of the molecule is CCCOc1ccc(CNC(=NC)NCCC(OCC)C(C)C)cn1.I. The molecule has 26 heavy (non-hydrogen) atoms. The molecule has 1 rings (SSSR count). The molecule has 0 saturated heterocycles. The van der Waals surface area contributed by atoms with E-state index in [2.05, 4.69) is 41.4 Å². The Balaban J connectivity index is 0.00000625. The van der Waals surface area contributed by atoms with Crippen LogP contribution in [0.3, 0.4) is 0 Å². The van der Waals surface area contributed by atoms with Gasteiger partial charge in [0.05, 0.1) is 12.7 Å². The zero-order chi connectivity index (χ0) is 18.5. The van der Waals surface area contributed by atoms with Crippen LogP contribution in [-0.4, -0.2) is 43.9 Å². The average Bonchev–Trinajstić information content (AvgIpc) is 2.62. The fraction of sp³-hybridized carbons (Fsp3) is 0.684. The number of hydrogen-bond acceptors (Lipinski definition) is 4. The van der Waals surface area contributed by atoms with Gasteiger partial charge in [0.15, 0.2) is 5.96 Å². The third kappa shape index (κ3) is 10.2. The molecule has 0 fully saturated rings. The summed E-state index contributed by atoms with van der Waals surface area (Å²) >= 11 is 0. The molecule has 1 aromatic heterocycles. The summed E-state index contributed by atoms with van der Waals surface area (Å²) in [7, 11) is 1.78. The lowest BCUT2D eigenvalue weighted by molar-refractivity contribution is 0.0258. The van der Waals surface area contributed by atoms with Crippen LogP contribution in [0.5, 0.6) is 5.88 Å². The van der Waals surface area contributed by atoms with Gasteiger partial charge >= 0.3 is 0 Å². The molecule has 0 aliphatic heterocycles. The summed E-state index contributed by atoms with van der Waals surface area (Å²) in [6.07, 6.45) is 4.04. The molecular formula is C19H35IN4O2. The standard InChI is InChI=1S/C19H34N4O2.HI/c1-6-12-25-18-9-8-16(13-22-18)14-23-19(20-5)21-11-10-17(15(3)4)24-7-2;/h8-9,13,15,17H,6-7,10-12,14H2,1-5H3,(H2,20,21,23);1H. The van der Waals surface area contributed by atoms with Crippen LogP contribution in [0.1, 0.15) is 46.1 Å². The minimum Gasteiger partial charge on any atom is -0.478 e. The van der Waals surface area contributed by atoms with Crippen molar-refractivity contribution in [3.63, 3.8) is 0 Å². The summed E-state index contributed by atoms with van der Waals surface area (Å²) in [5.74, 6) is 1.96. The van der Waals surface area contributed by atoms with Gasteiger partial charge in [-0.1, -0.05) is 26.8 Å². The zero-order valence-electron chi connectivity index (χ0n) is 16.7. The lowest BCUT2D eigenvalue weighted by atomic mass is 10.0. The molecule has 0 saturated carbocycles. The molecule has 6 nitrogen and oxygen atoms in total. The Labute approximate surface area is 175 Å². The molecule has 1 atom stereocenters. The van der Waals surface area contributed by atoms with Crippen LogP contribution in [-0.2, 0) is 11.3 Å². The maximum absolute atomic E-state index is 5.77. The first-order chi connectivity index (χ1) is 12.1. The van der Waals surface area contributed by atoms with Gasteiger partial charge in [0.2, 0.25) is 5.88 Å². The summed E-state index contributed by atoms with van der Waals surface area (Å²) in [6.45, 7) is 11.4. The van der Waals surface area contributed by atoms with Gasteiger partial charge in [-0.2, -0.15) is 0 Å². The first-order valence-corrected chi connectivity index (χ1v) is 9.24. The zero-order valence-corrected chi connectivity index (χ0v) is 19.1. The third-order valence-corrected chi connectivity index (χ3v) is 3.78. The van der Waals surface area contributed by atoms with Gasteiger partial charge in [0.25, 0.3) is 0 Å². The predicted octanol–water partition coefficient (Wildman–Crippen LogP) is 3.60. The molecule has 2 N–H and O–H groups in total. The number of guanidine groups is 1. The highest BCUT2D eigenvalue weighted by Crippen LogP contribution is 2.10. The van der Waals surface area contributed by atoms with Crippen molar-refractivity contribution in [3.8, 4) is 5.88 Å². The Hall–Kier alpha value is -1.09. The monoisotopic (exact) mass is 478 g/mol. The second-order valence-corrected chi connectivity index (χ2v) is 6.23. The van der Waals surface area contributed by atoms with E-state index >= 15 is 0 Å². The van der Waals surface area contributed by atoms with E-state index in [1.165, 1.54) is 0 Å². The summed E-state index contributed by atoms with van der Waals surface area (Å²) in [5, 5.41) is 6.64. The predicted molar refractivity (Wildman–Crippen MR) is 119 cm³/mol. The van der Waals surface area contributed by atoms with Crippen LogP contribution >= 0.6 is 24.0 Å². The van der Waals surface area contributed by atoms with Gasteiger partial charge in [-0.25, -0.2) is 4.98 Å². The van der Waals surface area contributed by atoms with Crippen molar-refractivity contribution < 1.29 is 9.47 Å². The van der Waals surface area contributed by atoms with E-state index in [1.807, 2.05) is 25.3 Å². The maximum atomic E-state index is 5.77. The number of nitrogens with one attached hydrogen (secondary N) is 2. The number of halogens is 1. The number of pyridine rings is 1. The molecule has 0 spiro atoms. The van der Waals surface area contributed by atoms with Crippen LogP contribution < -0.4 is 15.4 Å². The van der Waals surface area contributed by atoms with Crippen molar-refractivity contribution in [2.45, 2.75) is 53.2 Å². The highest BCUT2D eigenvalue weighted by molar-refractivity contribution is 14.0. The molecule has 1 unspecified atom stereocenters. The second kappa shape index (κ2) is 15.0. The van der Waals surface area contributed by atoms with E-state index < -0.39 is 0 Å². The van der Waals surface area contributed by atoms with Crippen molar-refractivity contribution in [2.24, 2.45) is 10.9 Å². The smallest absolute Gasteiger partial charge is 0.213 e. The minimum absolute atomic E-state index is 0. The first kappa shape index (κ1) is 24.9. The third-order valence-electron chi connectivity index (χ3n) is 3.78. The average molecular weight is 478 g/mol. The number of nitrogens with zero attached hydrogens (tertiary/aromatic N) is 2. The highest BCUT2D eigenvalue weighted by atomic mass is 127. The van der Waals surface area contributed by atoms with Crippen molar-refractivity contribution >= 4 is 29.9 Å². The fourth-order valence-electron chi connectivity index (χ4n) is 2.37. The Morgan fingerprint density at radius 2 is 2.00 bits per heavy atom. The molecule has 0 amide bonds. The Morgan fingerprint density at radius 1 is 1.23 bits per heavy atom. The lowest BCUT2D eigenvalue weighted by Crippen LogP contribution is -2.38. The van der Waals surface area contributed by atoms with Gasteiger partial charge < -0.3 is 20.1 Å². The fourth-order valence-corrected chi connectivity index (χ4v) is 2.37. The van der Waals surface area contributed by atoms with E-state index in [0.29, 0.717) is 24.9 Å². The van der Waals surface area contributed by atoms with Gasteiger partial charge in [-0.3, -0.25) is 4.99 Å². The van der Waals surface area contributed by atoms with Crippen LogP contribution in [0.25, 0.3) is 0 Å². The molecule has 7 heteroatoms. The molecule has 0 aromatic carbocycles. The molecule has 0 aliphatic carbocycles. The van der Waals surface area contributed by atoms with Crippen molar-refractivity contribution in [1.82, 2.24) is 15.6 Å². The van der Waals surface area contributed by atoms with Crippen molar-refractivity contribution in [1.29, 1.82) is 0 Å². The molecule has 0 aliphatic rings. The Kier molecular flexibility index (Phi) is 14.4. The topological polar surface area (TPSA) is 67.8 Å². The molecule has 150 valence electrons. The maximum Gasteiger partial charge on any atom is 0.213 e. The van der Waals surface area contributed by atoms with E-state index in [9.17, 15) is 0 Å². The van der Waals surface area contributed by atoms with Gasteiger partial charge in [-0.15, -0.1) is 24.0 Å².